The van der Waals surface area contributed by atoms with Gasteiger partial charge in [-0.25, -0.2) is 0 Å². The topological polar surface area (TPSA) is 32.8 Å². The van der Waals surface area contributed by atoms with E-state index in [1.807, 2.05) is 35.1 Å². The SMILES string of the molecule is CCOC(=O)CC(C)(c1ccc(N(C)C)cc1)N(C)C. The summed E-state index contributed by atoms with van der Waals surface area (Å²) in [6, 6.07) is 8.30. The molecule has 1 aromatic carbocycles. The Labute approximate surface area is 122 Å². The molecular formula is C16H26N2O2. The molecule has 0 bridgehead atoms. The zero-order chi connectivity index (χ0) is 15.3. The van der Waals surface area contributed by atoms with Gasteiger partial charge in [0.05, 0.1) is 18.6 Å². The van der Waals surface area contributed by atoms with Crippen molar-refractivity contribution in [2.24, 2.45) is 0 Å². The van der Waals surface area contributed by atoms with Gasteiger partial charge in [0.2, 0.25) is 0 Å². The zero-order valence-corrected chi connectivity index (χ0v) is 13.4. The molecule has 20 heavy (non-hydrogen) atoms. The van der Waals surface area contributed by atoms with Crippen LogP contribution in [-0.2, 0) is 15.1 Å². The second-order valence-electron chi connectivity index (χ2n) is 5.59. The van der Waals surface area contributed by atoms with Crippen LogP contribution in [0.4, 0.5) is 5.69 Å². The van der Waals surface area contributed by atoms with Crippen LogP contribution in [0.15, 0.2) is 24.3 Å². The minimum absolute atomic E-state index is 0.166. The van der Waals surface area contributed by atoms with Crippen molar-refractivity contribution in [2.45, 2.75) is 25.8 Å². The van der Waals surface area contributed by atoms with Gasteiger partial charge in [-0.2, -0.15) is 0 Å². The Balaban J connectivity index is 3.03. The first-order valence-corrected chi connectivity index (χ1v) is 6.92. The lowest BCUT2D eigenvalue weighted by molar-refractivity contribution is -0.146. The fourth-order valence-electron chi connectivity index (χ4n) is 2.13. The fourth-order valence-corrected chi connectivity index (χ4v) is 2.13. The molecule has 1 rings (SSSR count). The van der Waals surface area contributed by atoms with Crippen molar-refractivity contribution in [2.75, 3.05) is 39.7 Å². The smallest absolute Gasteiger partial charge is 0.307 e. The Morgan fingerprint density at radius 1 is 1.15 bits per heavy atom. The molecule has 0 aliphatic heterocycles. The molecule has 0 aliphatic rings. The highest BCUT2D eigenvalue weighted by molar-refractivity contribution is 5.71. The maximum Gasteiger partial charge on any atom is 0.307 e. The lowest BCUT2D eigenvalue weighted by Crippen LogP contribution is -2.40. The number of hydrogen-bond donors (Lipinski definition) is 0. The first kappa shape index (κ1) is 16.5. The van der Waals surface area contributed by atoms with Crippen molar-refractivity contribution < 1.29 is 9.53 Å². The van der Waals surface area contributed by atoms with Crippen molar-refractivity contribution in [3.05, 3.63) is 29.8 Å². The third-order valence-corrected chi connectivity index (χ3v) is 3.79. The van der Waals surface area contributed by atoms with Crippen molar-refractivity contribution in [3.63, 3.8) is 0 Å². The maximum atomic E-state index is 11.9. The Morgan fingerprint density at radius 2 is 1.70 bits per heavy atom. The number of carbonyl (C=O) groups is 1. The van der Waals surface area contributed by atoms with Gasteiger partial charge >= 0.3 is 5.97 Å². The Morgan fingerprint density at radius 3 is 2.10 bits per heavy atom. The number of nitrogens with zero attached hydrogens (tertiary/aromatic N) is 2. The second-order valence-corrected chi connectivity index (χ2v) is 5.59. The molecule has 0 N–H and O–H groups in total. The molecule has 112 valence electrons. The average Bonchev–Trinajstić information content (AvgIpc) is 2.38. The summed E-state index contributed by atoms with van der Waals surface area (Å²) < 4.78 is 5.10. The summed E-state index contributed by atoms with van der Waals surface area (Å²) in [6.07, 6.45) is 0.342. The van der Waals surface area contributed by atoms with Gasteiger partial charge in [0.15, 0.2) is 0 Å². The lowest BCUT2D eigenvalue weighted by Gasteiger charge is -2.36. The number of ether oxygens (including phenoxy) is 1. The molecular weight excluding hydrogens is 252 g/mol. The summed E-state index contributed by atoms with van der Waals surface area (Å²) in [5.74, 6) is -0.166. The van der Waals surface area contributed by atoms with Gasteiger partial charge in [-0.15, -0.1) is 0 Å². The van der Waals surface area contributed by atoms with Gasteiger partial charge < -0.3 is 9.64 Å². The Bertz CT molecular complexity index is 440. The molecule has 4 heteroatoms. The molecule has 0 amide bonds. The third-order valence-electron chi connectivity index (χ3n) is 3.79. The van der Waals surface area contributed by atoms with E-state index in [1.165, 1.54) is 0 Å². The predicted octanol–water partition coefficient (Wildman–Crippen LogP) is 2.48. The molecule has 0 spiro atoms. The first-order chi connectivity index (χ1) is 9.31. The van der Waals surface area contributed by atoms with Crippen LogP contribution in [0, 0.1) is 0 Å². The Hall–Kier alpha value is -1.55. The van der Waals surface area contributed by atoms with E-state index in [0.29, 0.717) is 13.0 Å². The minimum atomic E-state index is -0.364. The van der Waals surface area contributed by atoms with E-state index in [-0.39, 0.29) is 11.5 Å². The van der Waals surface area contributed by atoms with Crippen LogP contribution in [-0.4, -0.2) is 45.7 Å². The summed E-state index contributed by atoms with van der Waals surface area (Å²) in [5, 5.41) is 0. The molecule has 1 atom stereocenters. The van der Waals surface area contributed by atoms with Crippen LogP contribution in [0.2, 0.25) is 0 Å². The standard InChI is InChI=1S/C16H26N2O2/c1-7-20-15(19)12-16(2,18(5)6)13-8-10-14(11-9-13)17(3)4/h8-11H,7,12H2,1-6H3. The molecule has 1 aromatic rings. The third kappa shape index (κ3) is 3.73. The van der Waals surface area contributed by atoms with Crippen LogP contribution in [0.5, 0.6) is 0 Å². The van der Waals surface area contributed by atoms with E-state index in [9.17, 15) is 4.79 Å². The van der Waals surface area contributed by atoms with E-state index in [0.717, 1.165) is 11.3 Å². The summed E-state index contributed by atoms with van der Waals surface area (Å²) in [6.45, 7) is 4.31. The predicted molar refractivity (Wildman–Crippen MR) is 83.1 cm³/mol. The van der Waals surface area contributed by atoms with Gasteiger partial charge in [0.1, 0.15) is 0 Å². The van der Waals surface area contributed by atoms with Crippen LogP contribution in [0.3, 0.4) is 0 Å². The Kier molecular flexibility index (Phi) is 5.57. The summed E-state index contributed by atoms with van der Waals surface area (Å²) in [5.41, 5.74) is 1.89. The van der Waals surface area contributed by atoms with Crippen molar-refractivity contribution in [1.29, 1.82) is 0 Å². The van der Waals surface area contributed by atoms with E-state index in [1.54, 1.807) is 0 Å². The van der Waals surface area contributed by atoms with Gasteiger partial charge in [-0.3, -0.25) is 9.69 Å². The van der Waals surface area contributed by atoms with Crippen LogP contribution in [0.1, 0.15) is 25.8 Å². The number of hydrogen-bond acceptors (Lipinski definition) is 4. The molecule has 1 unspecified atom stereocenters. The average molecular weight is 278 g/mol. The fraction of sp³-hybridized carbons (Fsp3) is 0.562. The molecule has 0 saturated heterocycles. The lowest BCUT2D eigenvalue weighted by atomic mass is 9.87. The monoisotopic (exact) mass is 278 g/mol. The van der Waals surface area contributed by atoms with Gasteiger partial charge in [-0.1, -0.05) is 12.1 Å². The van der Waals surface area contributed by atoms with Gasteiger partial charge in [0, 0.05) is 19.8 Å². The van der Waals surface area contributed by atoms with E-state index in [2.05, 4.69) is 41.0 Å². The molecule has 0 fully saturated rings. The quantitative estimate of drug-likeness (QED) is 0.748. The van der Waals surface area contributed by atoms with Crippen molar-refractivity contribution >= 4 is 11.7 Å². The van der Waals surface area contributed by atoms with Crippen LogP contribution in [0.25, 0.3) is 0 Å². The molecule has 0 aromatic heterocycles. The van der Waals surface area contributed by atoms with Crippen LogP contribution >= 0.6 is 0 Å². The summed E-state index contributed by atoms with van der Waals surface area (Å²) in [7, 11) is 8.00. The highest BCUT2D eigenvalue weighted by Crippen LogP contribution is 2.31. The largest absolute Gasteiger partial charge is 0.466 e. The molecule has 0 heterocycles. The number of benzene rings is 1. The van der Waals surface area contributed by atoms with Crippen LogP contribution < -0.4 is 4.90 Å². The van der Waals surface area contributed by atoms with E-state index in [4.69, 9.17) is 4.74 Å². The van der Waals surface area contributed by atoms with Crippen molar-refractivity contribution in [1.82, 2.24) is 4.90 Å². The normalized spacial score (nSPS) is 13.9. The second kappa shape index (κ2) is 6.75. The molecule has 0 radical (unpaired) electrons. The minimum Gasteiger partial charge on any atom is -0.466 e. The number of carbonyl (C=O) groups excluding carboxylic acids is 1. The van der Waals surface area contributed by atoms with E-state index >= 15 is 0 Å². The molecule has 0 saturated carbocycles. The highest BCUT2D eigenvalue weighted by atomic mass is 16.5. The van der Waals surface area contributed by atoms with Gasteiger partial charge in [-0.05, 0) is 45.6 Å². The zero-order valence-electron chi connectivity index (χ0n) is 13.4. The first-order valence-electron chi connectivity index (χ1n) is 6.92. The molecule has 4 nitrogen and oxygen atoms in total. The summed E-state index contributed by atoms with van der Waals surface area (Å²) >= 11 is 0. The summed E-state index contributed by atoms with van der Waals surface area (Å²) in [4.78, 5) is 16.0. The molecule has 0 aliphatic carbocycles. The van der Waals surface area contributed by atoms with E-state index < -0.39 is 0 Å². The number of anilines is 1. The number of esters is 1. The number of rotatable bonds is 6. The van der Waals surface area contributed by atoms with Crippen molar-refractivity contribution in [3.8, 4) is 0 Å². The maximum absolute atomic E-state index is 11.9. The highest BCUT2D eigenvalue weighted by Gasteiger charge is 2.32. The van der Waals surface area contributed by atoms with Gasteiger partial charge in [0.25, 0.3) is 0 Å².